The molecule has 0 aliphatic carbocycles. The van der Waals surface area contributed by atoms with Crippen LogP contribution < -0.4 is 5.73 Å². The molecular weight excluding hydrogens is 299 g/mol. The van der Waals surface area contributed by atoms with Crippen LogP contribution in [-0.2, 0) is 12.7 Å². The van der Waals surface area contributed by atoms with Crippen LogP contribution in [0.1, 0.15) is 23.2 Å². The summed E-state index contributed by atoms with van der Waals surface area (Å²) in [5.41, 5.74) is 2.25. The summed E-state index contributed by atoms with van der Waals surface area (Å²) >= 11 is 2.62. The second kappa shape index (κ2) is 4.62. The summed E-state index contributed by atoms with van der Waals surface area (Å²) in [6.07, 6.45) is -7.14. The van der Waals surface area contributed by atoms with Gasteiger partial charge >= 0.3 is 6.18 Å². The molecule has 16 heavy (non-hydrogen) atoms. The predicted molar refractivity (Wildman–Crippen MR) is 49.8 cm³/mol. The number of aromatic nitrogens is 1. The van der Waals surface area contributed by atoms with Crippen LogP contribution in [0.3, 0.4) is 0 Å². The van der Waals surface area contributed by atoms with Crippen LogP contribution in [-0.4, -0.2) is 4.98 Å². The van der Waals surface area contributed by atoms with E-state index in [0.29, 0.717) is 6.20 Å². The SMILES string of the molecule is NCc1c(C(F)F)ncc(Br)c1C(F)(F)F. The number of nitrogens with zero attached hydrogens (tertiary/aromatic N) is 1. The molecule has 0 aromatic carbocycles. The lowest BCUT2D eigenvalue weighted by Gasteiger charge is -2.16. The van der Waals surface area contributed by atoms with E-state index in [1.807, 2.05) is 0 Å². The van der Waals surface area contributed by atoms with Gasteiger partial charge in [0.25, 0.3) is 6.43 Å². The molecule has 0 aliphatic rings. The summed E-state index contributed by atoms with van der Waals surface area (Å²) in [5.74, 6) is 0. The van der Waals surface area contributed by atoms with Gasteiger partial charge < -0.3 is 5.73 Å². The number of alkyl halides is 5. The Morgan fingerprint density at radius 3 is 2.31 bits per heavy atom. The van der Waals surface area contributed by atoms with Crippen molar-refractivity contribution in [2.24, 2.45) is 5.73 Å². The maximum Gasteiger partial charge on any atom is 0.417 e. The van der Waals surface area contributed by atoms with E-state index in [2.05, 4.69) is 20.9 Å². The van der Waals surface area contributed by atoms with Crippen LogP contribution in [0.25, 0.3) is 0 Å². The number of halogens is 6. The molecule has 0 bridgehead atoms. The quantitative estimate of drug-likeness (QED) is 0.852. The number of pyridine rings is 1. The lowest BCUT2D eigenvalue weighted by Crippen LogP contribution is -2.16. The van der Waals surface area contributed by atoms with E-state index >= 15 is 0 Å². The van der Waals surface area contributed by atoms with Crippen molar-refractivity contribution in [3.63, 3.8) is 0 Å². The zero-order chi connectivity index (χ0) is 12.5. The zero-order valence-corrected chi connectivity index (χ0v) is 9.24. The first-order valence-electron chi connectivity index (χ1n) is 4.01. The molecule has 2 nitrogen and oxygen atoms in total. The highest BCUT2D eigenvalue weighted by Gasteiger charge is 2.37. The van der Waals surface area contributed by atoms with Crippen LogP contribution in [0.15, 0.2) is 10.7 Å². The molecule has 0 fully saturated rings. The second-order valence-corrected chi connectivity index (χ2v) is 3.70. The maximum atomic E-state index is 12.6. The van der Waals surface area contributed by atoms with Crippen molar-refractivity contribution in [3.05, 3.63) is 27.5 Å². The van der Waals surface area contributed by atoms with Crippen LogP contribution in [0.2, 0.25) is 0 Å². The molecule has 1 aromatic rings. The fourth-order valence-corrected chi connectivity index (χ4v) is 1.81. The molecule has 1 rings (SSSR count). The van der Waals surface area contributed by atoms with E-state index in [9.17, 15) is 22.0 Å². The highest BCUT2D eigenvalue weighted by atomic mass is 79.9. The third-order valence-electron chi connectivity index (χ3n) is 1.86. The Kier molecular flexibility index (Phi) is 3.84. The first-order valence-corrected chi connectivity index (χ1v) is 4.81. The molecule has 8 heteroatoms. The molecule has 1 aromatic heterocycles. The largest absolute Gasteiger partial charge is 0.417 e. The lowest BCUT2D eigenvalue weighted by atomic mass is 10.1. The average Bonchev–Trinajstić information content (AvgIpc) is 2.14. The van der Waals surface area contributed by atoms with Crippen molar-refractivity contribution < 1.29 is 22.0 Å². The average molecular weight is 305 g/mol. The van der Waals surface area contributed by atoms with E-state index in [0.717, 1.165) is 0 Å². The first kappa shape index (κ1) is 13.3. The van der Waals surface area contributed by atoms with E-state index in [4.69, 9.17) is 5.73 Å². The molecule has 1 heterocycles. The molecule has 0 spiro atoms. The Hall–Kier alpha value is -0.760. The third kappa shape index (κ3) is 2.49. The summed E-state index contributed by atoms with van der Waals surface area (Å²) in [5, 5.41) is 0. The molecule has 0 amide bonds. The first-order chi connectivity index (χ1) is 7.29. The molecule has 0 atom stereocenters. The van der Waals surface area contributed by atoms with Gasteiger partial charge in [0.05, 0.1) is 5.56 Å². The lowest BCUT2D eigenvalue weighted by molar-refractivity contribution is -0.139. The zero-order valence-electron chi connectivity index (χ0n) is 7.65. The molecule has 0 aliphatic heterocycles. The van der Waals surface area contributed by atoms with Crippen LogP contribution in [0.4, 0.5) is 22.0 Å². The topological polar surface area (TPSA) is 38.9 Å². The minimum Gasteiger partial charge on any atom is -0.326 e. The fraction of sp³-hybridized carbons (Fsp3) is 0.375. The number of hydrogen-bond acceptors (Lipinski definition) is 2. The van der Waals surface area contributed by atoms with E-state index in [1.54, 1.807) is 0 Å². The summed E-state index contributed by atoms with van der Waals surface area (Å²) in [6, 6.07) is 0. The monoisotopic (exact) mass is 304 g/mol. The van der Waals surface area contributed by atoms with E-state index < -0.39 is 40.4 Å². The molecule has 0 saturated carbocycles. The molecule has 0 unspecified atom stereocenters. The van der Waals surface area contributed by atoms with E-state index in [1.165, 1.54) is 0 Å². The standard InChI is InChI=1S/C8H6BrF5N2/c9-4-2-16-6(7(10)11)3(1-15)5(4)8(12,13)14/h2,7H,1,15H2. The summed E-state index contributed by atoms with van der Waals surface area (Å²) in [4.78, 5) is 3.25. The van der Waals surface area contributed by atoms with Crippen molar-refractivity contribution in [2.75, 3.05) is 0 Å². The minimum absolute atomic E-state index is 0.398. The summed E-state index contributed by atoms with van der Waals surface area (Å²) in [7, 11) is 0. The predicted octanol–water partition coefficient (Wildman–Crippen LogP) is 3.26. The summed E-state index contributed by atoms with van der Waals surface area (Å²) < 4.78 is 62.2. The van der Waals surface area contributed by atoms with Gasteiger partial charge in [-0.2, -0.15) is 13.2 Å². The van der Waals surface area contributed by atoms with Crippen molar-refractivity contribution in [2.45, 2.75) is 19.1 Å². The third-order valence-corrected chi connectivity index (χ3v) is 2.46. The highest BCUT2D eigenvalue weighted by Crippen LogP contribution is 2.39. The smallest absolute Gasteiger partial charge is 0.326 e. The number of rotatable bonds is 2. The van der Waals surface area contributed by atoms with Crippen LogP contribution in [0.5, 0.6) is 0 Å². The second-order valence-electron chi connectivity index (χ2n) is 2.85. The Balaban J connectivity index is 3.51. The van der Waals surface area contributed by atoms with Crippen molar-refractivity contribution in [1.29, 1.82) is 0 Å². The van der Waals surface area contributed by atoms with Crippen molar-refractivity contribution >= 4 is 15.9 Å². The van der Waals surface area contributed by atoms with Crippen LogP contribution >= 0.6 is 15.9 Å². The Morgan fingerprint density at radius 1 is 1.38 bits per heavy atom. The van der Waals surface area contributed by atoms with Crippen LogP contribution in [0, 0.1) is 0 Å². The van der Waals surface area contributed by atoms with Gasteiger partial charge in [0, 0.05) is 22.8 Å². The van der Waals surface area contributed by atoms with Gasteiger partial charge in [-0.15, -0.1) is 0 Å². The highest BCUT2D eigenvalue weighted by molar-refractivity contribution is 9.10. The maximum absolute atomic E-state index is 12.6. The molecular formula is C8H6BrF5N2. The Bertz CT molecular complexity index is 391. The normalized spacial score (nSPS) is 12.2. The molecule has 0 saturated heterocycles. The Labute approximate surface area is 95.8 Å². The van der Waals surface area contributed by atoms with Gasteiger partial charge in [0.15, 0.2) is 0 Å². The van der Waals surface area contributed by atoms with Gasteiger partial charge in [-0.05, 0) is 15.9 Å². The van der Waals surface area contributed by atoms with Gasteiger partial charge in [-0.25, -0.2) is 8.78 Å². The van der Waals surface area contributed by atoms with Crippen molar-refractivity contribution in [3.8, 4) is 0 Å². The number of nitrogens with two attached hydrogens (primary N) is 1. The molecule has 2 N–H and O–H groups in total. The van der Waals surface area contributed by atoms with Gasteiger partial charge in [0.2, 0.25) is 0 Å². The van der Waals surface area contributed by atoms with Gasteiger partial charge in [-0.1, -0.05) is 0 Å². The summed E-state index contributed by atoms with van der Waals surface area (Å²) in [6.45, 7) is -0.652. The fourth-order valence-electron chi connectivity index (χ4n) is 1.24. The number of hydrogen-bond donors (Lipinski definition) is 1. The van der Waals surface area contributed by atoms with E-state index in [-0.39, 0.29) is 0 Å². The van der Waals surface area contributed by atoms with Gasteiger partial charge in [-0.3, -0.25) is 4.98 Å². The van der Waals surface area contributed by atoms with Gasteiger partial charge in [0.1, 0.15) is 5.69 Å². The minimum atomic E-state index is -4.75. The Morgan fingerprint density at radius 2 is 1.94 bits per heavy atom. The molecule has 0 radical (unpaired) electrons. The molecule has 90 valence electrons. The van der Waals surface area contributed by atoms with Crippen molar-refractivity contribution in [1.82, 2.24) is 4.98 Å².